The minimum atomic E-state index is -0.270. The monoisotopic (exact) mass is 448 g/mol. The van der Waals surface area contributed by atoms with Crippen molar-refractivity contribution < 1.29 is 9.18 Å². The highest BCUT2D eigenvalue weighted by Gasteiger charge is 2.26. The Bertz CT molecular complexity index is 1070. The summed E-state index contributed by atoms with van der Waals surface area (Å²) < 4.78 is 16.1. The zero-order chi connectivity index (χ0) is 22.6. The lowest BCUT2D eigenvalue weighted by molar-refractivity contribution is -0.132. The zero-order valence-electron chi connectivity index (χ0n) is 18.7. The molecule has 3 aromatic rings. The van der Waals surface area contributed by atoms with Crippen molar-refractivity contribution >= 4 is 17.5 Å². The van der Waals surface area contributed by atoms with E-state index < -0.39 is 0 Å². The number of imidazole rings is 1. The first-order chi connectivity index (χ1) is 16.2. The Hall–Kier alpha value is -3.39. The largest absolute Gasteiger partial charge is 0.368 e. The van der Waals surface area contributed by atoms with Gasteiger partial charge in [-0.25, -0.2) is 9.37 Å². The van der Waals surface area contributed by atoms with E-state index in [-0.39, 0.29) is 11.7 Å². The molecule has 8 heteroatoms. The van der Waals surface area contributed by atoms with Crippen LogP contribution < -0.4 is 9.80 Å². The van der Waals surface area contributed by atoms with Gasteiger partial charge in [0.1, 0.15) is 5.82 Å². The highest BCUT2D eigenvalue weighted by Crippen LogP contribution is 2.22. The highest BCUT2D eigenvalue weighted by molar-refractivity contribution is 5.78. The summed E-state index contributed by atoms with van der Waals surface area (Å²) in [6, 6.07) is 17.1. The molecule has 2 aromatic carbocycles. The molecule has 2 aliphatic heterocycles. The number of para-hydroxylation sites is 2. The van der Waals surface area contributed by atoms with E-state index in [0.29, 0.717) is 12.2 Å². The van der Waals surface area contributed by atoms with E-state index in [4.69, 9.17) is 0 Å². The Labute approximate surface area is 193 Å². The molecule has 0 aliphatic carbocycles. The Morgan fingerprint density at radius 3 is 2.21 bits per heavy atom. The Kier molecular flexibility index (Phi) is 6.26. The van der Waals surface area contributed by atoms with Gasteiger partial charge in [0.2, 0.25) is 11.9 Å². The summed E-state index contributed by atoms with van der Waals surface area (Å²) in [6.45, 7) is 6.74. The van der Waals surface area contributed by atoms with Crippen LogP contribution in [0.15, 0.2) is 67.0 Å². The molecule has 0 radical (unpaired) electrons. The van der Waals surface area contributed by atoms with Crippen molar-refractivity contribution in [1.82, 2.24) is 19.4 Å². The number of piperazine rings is 2. The normalized spacial score (nSPS) is 17.4. The number of anilines is 2. The number of halogens is 1. The summed E-state index contributed by atoms with van der Waals surface area (Å²) in [5.41, 5.74) is 1.71. The molecular weight excluding hydrogens is 419 g/mol. The van der Waals surface area contributed by atoms with E-state index >= 15 is 0 Å². The number of aromatic nitrogens is 2. The van der Waals surface area contributed by atoms with Gasteiger partial charge in [-0.3, -0.25) is 14.3 Å². The number of hydrogen-bond acceptors (Lipinski definition) is 5. The zero-order valence-corrected chi connectivity index (χ0v) is 18.7. The van der Waals surface area contributed by atoms with Crippen molar-refractivity contribution in [3.63, 3.8) is 0 Å². The third-order valence-electron chi connectivity index (χ3n) is 6.50. The third-order valence-corrected chi connectivity index (χ3v) is 6.50. The molecule has 0 spiro atoms. The number of rotatable bonds is 5. The first kappa shape index (κ1) is 21.5. The van der Waals surface area contributed by atoms with Crippen LogP contribution in [0.4, 0.5) is 16.0 Å². The molecule has 7 nitrogen and oxygen atoms in total. The smallest absolute Gasteiger partial charge is 0.236 e. The lowest BCUT2D eigenvalue weighted by Gasteiger charge is -2.39. The van der Waals surface area contributed by atoms with Gasteiger partial charge in [0.15, 0.2) is 0 Å². The molecule has 1 amide bonds. The molecule has 0 saturated carbocycles. The maximum Gasteiger partial charge on any atom is 0.236 e. The van der Waals surface area contributed by atoms with Crippen LogP contribution in [0.1, 0.15) is 0 Å². The summed E-state index contributed by atoms with van der Waals surface area (Å²) in [4.78, 5) is 26.0. The van der Waals surface area contributed by atoms with E-state index in [2.05, 4.69) is 43.9 Å². The number of hydrogen-bond donors (Lipinski definition) is 0. The fourth-order valence-electron chi connectivity index (χ4n) is 4.61. The summed E-state index contributed by atoms with van der Waals surface area (Å²) >= 11 is 0. The number of amides is 1. The second-order valence-electron chi connectivity index (χ2n) is 8.52. The average molecular weight is 449 g/mol. The van der Waals surface area contributed by atoms with E-state index in [1.165, 1.54) is 11.8 Å². The van der Waals surface area contributed by atoms with Gasteiger partial charge in [-0.05, 0) is 24.3 Å². The quantitative estimate of drug-likeness (QED) is 0.600. The Balaban J connectivity index is 1.13. The molecule has 0 bridgehead atoms. The van der Waals surface area contributed by atoms with Crippen LogP contribution in [0.5, 0.6) is 0 Å². The van der Waals surface area contributed by atoms with Crippen LogP contribution in [0.25, 0.3) is 5.69 Å². The van der Waals surface area contributed by atoms with Crippen LogP contribution in [0, 0.1) is 5.82 Å². The topological polar surface area (TPSA) is 47.9 Å². The van der Waals surface area contributed by atoms with Crippen molar-refractivity contribution in [2.24, 2.45) is 0 Å². The summed E-state index contributed by atoms with van der Waals surface area (Å²) in [5, 5.41) is 0. The molecule has 33 heavy (non-hydrogen) atoms. The van der Waals surface area contributed by atoms with Gasteiger partial charge < -0.3 is 14.7 Å². The minimum absolute atomic E-state index is 0.198. The van der Waals surface area contributed by atoms with E-state index in [1.54, 1.807) is 29.1 Å². The number of carbonyl (C=O) groups excluding carboxylic acids is 1. The van der Waals surface area contributed by atoms with E-state index in [9.17, 15) is 9.18 Å². The first-order valence-corrected chi connectivity index (χ1v) is 11.5. The summed E-state index contributed by atoms with van der Waals surface area (Å²) in [5.74, 6) is 0.667. The van der Waals surface area contributed by atoms with Crippen molar-refractivity contribution in [2.75, 3.05) is 68.7 Å². The molecule has 172 valence electrons. The lowest BCUT2D eigenvalue weighted by atomic mass is 10.2. The number of benzene rings is 2. The molecule has 0 atom stereocenters. The minimum Gasteiger partial charge on any atom is -0.368 e. The SMILES string of the molecule is O=C(CN1CCN(c2nccn2-c2ccccc2F)CC1)N1CCN(c2ccccc2)CC1. The Morgan fingerprint density at radius 2 is 1.48 bits per heavy atom. The predicted octanol–water partition coefficient (Wildman–Crippen LogP) is 2.48. The van der Waals surface area contributed by atoms with Crippen LogP contribution in [0.2, 0.25) is 0 Å². The molecule has 3 heterocycles. The predicted molar refractivity (Wildman–Crippen MR) is 127 cm³/mol. The van der Waals surface area contributed by atoms with Crippen molar-refractivity contribution in [3.05, 3.63) is 72.8 Å². The van der Waals surface area contributed by atoms with Gasteiger partial charge in [0, 0.05) is 70.4 Å². The van der Waals surface area contributed by atoms with Gasteiger partial charge in [-0.1, -0.05) is 30.3 Å². The van der Waals surface area contributed by atoms with Crippen LogP contribution in [-0.4, -0.2) is 84.2 Å². The van der Waals surface area contributed by atoms with Crippen molar-refractivity contribution in [3.8, 4) is 5.69 Å². The fourth-order valence-corrected chi connectivity index (χ4v) is 4.61. The second kappa shape index (κ2) is 9.62. The van der Waals surface area contributed by atoms with Crippen LogP contribution in [0.3, 0.4) is 0 Å². The molecule has 2 fully saturated rings. The summed E-state index contributed by atoms with van der Waals surface area (Å²) in [7, 11) is 0. The molecule has 0 N–H and O–H groups in total. The molecule has 2 aliphatic rings. The Morgan fingerprint density at radius 1 is 0.818 bits per heavy atom. The van der Waals surface area contributed by atoms with Crippen LogP contribution in [-0.2, 0) is 4.79 Å². The average Bonchev–Trinajstić information content (AvgIpc) is 3.35. The van der Waals surface area contributed by atoms with Crippen molar-refractivity contribution in [2.45, 2.75) is 0 Å². The molecule has 0 unspecified atom stereocenters. The first-order valence-electron chi connectivity index (χ1n) is 11.5. The van der Waals surface area contributed by atoms with Crippen LogP contribution >= 0.6 is 0 Å². The van der Waals surface area contributed by atoms with E-state index in [1.807, 2.05) is 17.0 Å². The van der Waals surface area contributed by atoms with Gasteiger partial charge >= 0.3 is 0 Å². The lowest BCUT2D eigenvalue weighted by Crippen LogP contribution is -2.54. The van der Waals surface area contributed by atoms with Gasteiger partial charge in [0.05, 0.1) is 12.2 Å². The molecule has 2 saturated heterocycles. The summed E-state index contributed by atoms with van der Waals surface area (Å²) in [6.07, 6.45) is 3.49. The van der Waals surface area contributed by atoms with Crippen molar-refractivity contribution in [1.29, 1.82) is 0 Å². The molecular formula is C25H29FN6O. The van der Waals surface area contributed by atoms with Gasteiger partial charge in [-0.2, -0.15) is 0 Å². The maximum atomic E-state index is 14.3. The standard InChI is InChI=1S/C25H29FN6O/c26-22-8-4-5-9-23(22)32-11-10-27-25(32)31-14-12-28(13-15-31)20-24(33)30-18-16-29(17-19-30)21-6-2-1-3-7-21/h1-11H,12-20H2. The third kappa shape index (κ3) is 4.71. The molecule has 1 aromatic heterocycles. The fraction of sp³-hybridized carbons (Fsp3) is 0.360. The van der Waals surface area contributed by atoms with E-state index in [0.717, 1.165) is 58.3 Å². The van der Waals surface area contributed by atoms with Gasteiger partial charge in [-0.15, -0.1) is 0 Å². The highest BCUT2D eigenvalue weighted by atomic mass is 19.1. The van der Waals surface area contributed by atoms with Gasteiger partial charge in [0.25, 0.3) is 0 Å². The molecule has 5 rings (SSSR count). The maximum absolute atomic E-state index is 14.3. The number of carbonyl (C=O) groups is 1. The second-order valence-corrected chi connectivity index (χ2v) is 8.52. The number of nitrogens with zero attached hydrogens (tertiary/aromatic N) is 6.